The second-order valence-electron chi connectivity index (χ2n) is 3.04. The van der Waals surface area contributed by atoms with Crippen LogP contribution >= 0.6 is 0 Å². The van der Waals surface area contributed by atoms with Crippen molar-refractivity contribution in [2.75, 3.05) is 13.6 Å². The molecule has 2 nitrogen and oxygen atoms in total. The maximum Gasteiger partial charge on any atom is 0.165 e. The minimum atomic E-state index is -0.545. The van der Waals surface area contributed by atoms with Gasteiger partial charge in [0.1, 0.15) is 0 Å². The maximum absolute atomic E-state index is 12.9. The number of aromatic hydroxyl groups is 1. The molecule has 0 saturated heterocycles. The summed E-state index contributed by atoms with van der Waals surface area (Å²) in [5.41, 5.74) is 1.61. The number of benzene rings is 1. The molecule has 72 valence electrons. The number of phenols is 1. The molecule has 0 bridgehead atoms. The molecule has 0 heterocycles. The summed E-state index contributed by atoms with van der Waals surface area (Å²) in [5.74, 6) is -0.757. The molecule has 1 aromatic rings. The first-order valence-electron chi connectivity index (χ1n) is 4.28. The molecule has 0 aromatic heterocycles. The van der Waals surface area contributed by atoms with Crippen molar-refractivity contribution in [2.45, 2.75) is 13.3 Å². The lowest BCUT2D eigenvalue weighted by Gasteiger charge is -2.08. The minimum Gasteiger partial charge on any atom is -0.505 e. The summed E-state index contributed by atoms with van der Waals surface area (Å²) in [6.45, 7) is 2.60. The largest absolute Gasteiger partial charge is 0.505 e. The highest BCUT2D eigenvalue weighted by atomic mass is 19.1. The highest BCUT2D eigenvalue weighted by Gasteiger charge is 2.08. The molecule has 0 aliphatic rings. The molecule has 0 unspecified atom stereocenters. The molecule has 0 amide bonds. The number of likely N-dealkylation sites (N-methyl/N-ethyl adjacent to an activating group) is 1. The van der Waals surface area contributed by atoms with Crippen LogP contribution in [0.5, 0.6) is 5.75 Å². The zero-order chi connectivity index (χ0) is 9.84. The van der Waals surface area contributed by atoms with Gasteiger partial charge in [0, 0.05) is 5.56 Å². The van der Waals surface area contributed by atoms with Gasteiger partial charge in [-0.2, -0.15) is 0 Å². The Labute approximate surface area is 77.4 Å². The third kappa shape index (κ3) is 2.18. The molecule has 0 aliphatic heterocycles. The van der Waals surface area contributed by atoms with Crippen molar-refractivity contribution in [1.29, 1.82) is 0 Å². The fourth-order valence-electron chi connectivity index (χ4n) is 1.27. The van der Waals surface area contributed by atoms with Crippen LogP contribution in [0, 0.1) is 12.7 Å². The van der Waals surface area contributed by atoms with Gasteiger partial charge < -0.3 is 10.4 Å². The number of nitrogens with one attached hydrogen (secondary N) is 1. The second kappa shape index (κ2) is 4.23. The average molecular weight is 183 g/mol. The van der Waals surface area contributed by atoms with Crippen molar-refractivity contribution in [1.82, 2.24) is 5.32 Å². The number of rotatable bonds is 3. The summed E-state index contributed by atoms with van der Waals surface area (Å²) in [6.07, 6.45) is 0.645. The average Bonchev–Trinajstić information content (AvgIpc) is 2.12. The highest BCUT2D eigenvalue weighted by Crippen LogP contribution is 2.24. The Morgan fingerprint density at radius 3 is 2.77 bits per heavy atom. The SMILES string of the molecule is CNCCc1c(C)ccc(F)c1O. The Balaban J connectivity index is 2.96. The van der Waals surface area contributed by atoms with Crippen LogP contribution in [-0.4, -0.2) is 18.7 Å². The topological polar surface area (TPSA) is 32.3 Å². The summed E-state index contributed by atoms with van der Waals surface area (Å²) >= 11 is 0. The van der Waals surface area contributed by atoms with Gasteiger partial charge in [-0.1, -0.05) is 6.07 Å². The number of hydrogen-bond acceptors (Lipinski definition) is 2. The number of phenolic OH excluding ortho intramolecular Hbond substituents is 1. The van der Waals surface area contributed by atoms with Gasteiger partial charge in [0.05, 0.1) is 0 Å². The Kier molecular flexibility index (Phi) is 3.25. The first kappa shape index (κ1) is 9.99. The summed E-state index contributed by atoms with van der Waals surface area (Å²) in [5, 5.41) is 12.4. The van der Waals surface area contributed by atoms with Crippen molar-refractivity contribution in [3.8, 4) is 5.75 Å². The van der Waals surface area contributed by atoms with Gasteiger partial charge >= 0.3 is 0 Å². The predicted molar refractivity (Wildman–Crippen MR) is 50.4 cm³/mol. The molecule has 0 spiro atoms. The van der Waals surface area contributed by atoms with E-state index in [2.05, 4.69) is 5.32 Å². The molecular formula is C10H14FNO. The third-order valence-electron chi connectivity index (χ3n) is 2.09. The first-order chi connectivity index (χ1) is 6.16. The van der Waals surface area contributed by atoms with Crippen LogP contribution in [0.25, 0.3) is 0 Å². The summed E-state index contributed by atoms with van der Waals surface area (Å²) in [7, 11) is 1.83. The van der Waals surface area contributed by atoms with Gasteiger partial charge in [-0.05, 0) is 38.6 Å². The van der Waals surface area contributed by atoms with E-state index < -0.39 is 5.82 Å². The van der Waals surface area contributed by atoms with Crippen molar-refractivity contribution < 1.29 is 9.50 Å². The van der Waals surface area contributed by atoms with Gasteiger partial charge in [0.2, 0.25) is 0 Å². The summed E-state index contributed by atoms with van der Waals surface area (Å²) in [4.78, 5) is 0. The van der Waals surface area contributed by atoms with Gasteiger partial charge in [-0.3, -0.25) is 0 Å². The zero-order valence-electron chi connectivity index (χ0n) is 7.89. The second-order valence-corrected chi connectivity index (χ2v) is 3.04. The standard InChI is InChI=1S/C10H14FNO/c1-7-3-4-9(11)10(13)8(7)5-6-12-2/h3-4,12-13H,5-6H2,1-2H3. The van der Waals surface area contributed by atoms with E-state index in [1.165, 1.54) is 6.07 Å². The van der Waals surface area contributed by atoms with E-state index in [1.807, 2.05) is 14.0 Å². The van der Waals surface area contributed by atoms with E-state index in [4.69, 9.17) is 0 Å². The molecule has 3 heteroatoms. The summed E-state index contributed by atoms with van der Waals surface area (Å²) in [6, 6.07) is 2.97. The predicted octanol–water partition coefficient (Wildman–Crippen LogP) is 1.60. The molecule has 13 heavy (non-hydrogen) atoms. The van der Waals surface area contributed by atoms with Crippen molar-refractivity contribution in [3.63, 3.8) is 0 Å². The minimum absolute atomic E-state index is 0.213. The van der Waals surface area contributed by atoms with Crippen molar-refractivity contribution in [3.05, 3.63) is 29.1 Å². The van der Waals surface area contributed by atoms with Crippen LogP contribution < -0.4 is 5.32 Å². The van der Waals surface area contributed by atoms with Gasteiger partial charge in [0.15, 0.2) is 11.6 Å². The van der Waals surface area contributed by atoms with Crippen LogP contribution in [0.4, 0.5) is 4.39 Å². The first-order valence-corrected chi connectivity index (χ1v) is 4.28. The van der Waals surface area contributed by atoms with E-state index in [-0.39, 0.29) is 5.75 Å². The van der Waals surface area contributed by atoms with E-state index in [0.717, 1.165) is 12.1 Å². The Hall–Kier alpha value is -1.09. The molecule has 1 rings (SSSR count). The third-order valence-corrected chi connectivity index (χ3v) is 2.09. The quantitative estimate of drug-likeness (QED) is 0.746. The van der Waals surface area contributed by atoms with Crippen LogP contribution in [0.2, 0.25) is 0 Å². The van der Waals surface area contributed by atoms with Crippen LogP contribution in [0.3, 0.4) is 0 Å². The monoisotopic (exact) mass is 183 g/mol. The van der Waals surface area contributed by atoms with Gasteiger partial charge in [0.25, 0.3) is 0 Å². The van der Waals surface area contributed by atoms with Gasteiger partial charge in [-0.25, -0.2) is 4.39 Å². The van der Waals surface area contributed by atoms with Gasteiger partial charge in [-0.15, -0.1) is 0 Å². The van der Waals surface area contributed by atoms with E-state index >= 15 is 0 Å². The fraction of sp³-hybridized carbons (Fsp3) is 0.400. The fourth-order valence-corrected chi connectivity index (χ4v) is 1.27. The Morgan fingerprint density at radius 1 is 1.46 bits per heavy atom. The highest BCUT2D eigenvalue weighted by molar-refractivity contribution is 5.39. The molecule has 0 aliphatic carbocycles. The molecule has 1 aromatic carbocycles. The zero-order valence-corrected chi connectivity index (χ0v) is 7.89. The van der Waals surface area contributed by atoms with Crippen LogP contribution in [-0.2, 0) is 6.42 Å². The Bertz CT molecular complexity index is 299. The lowest BCUT2D eigenvalue weighted by atomic mass is 10.0. The van der Waals surface area contributed by atoms with Crippen LogP contribution in [0.15, 0.2) is 12.1 Å². The normalized spacial score (nSPS) is 10.4. The van der Waals surface area contributed by atoms with E-state index in [0.29, 0.717) is 12.0 Å². The van der Waals surface area contributed by atoms with Crippen molar-refractivity contribution in [2.24, 2.45) is 0 Å². The Morgan fingerprint density at radius 2 is 2.15 bits per heavy atom. The smallest absolute Gasteiger partial charge is 0.165 e. The molecule has 2 N–H and O–H groups in total. The maximum atomic E-state index is 12.9. The van der Waals surface area contributed by atoms with Crippen molar-refractivity contribution >= 4 is 0 Å². The molecule has 0 radical (unpaired) electrons. The molecular weight excluding hydrogens is 169 g/mol. The number of hydrogen-bond donors (Lipinski definition) is 2. The van der Waals surface area contributed by atoms with E-state index in [9.17, 15) is 9.50 Å². The molecule has 0 atom stereocenters. The number of halogens is 1. The van der Waals surface area contributed by atoms with E-state index in [1.54, 1.807) is 6.07 Å². The lowest BCUT2D eigenvalue weighted by Crippen LogP contribution is -2.11. The lowest BCUT2D eigenvalue weighted by molar-refractivity contribution is 0.424. The number of aryl methyl sites for hydroxylation is 1. The molecule has 0 saturated carbocycles. The summed E-state index contributed by atoms with van der Waals surface area (Å²) < 4.78 is 12.9. The van der Waals surface area contributed by atoms with Crippen LogP contribution in [0.1, 0.15) is 11.1 Å². The molecule has 0 fully saturated rings.